The van der Waals surface area contributed by atoms with E-state index in [4.69, 9.17) is 16.3 Å². The summed E-state index contributed by atoms with van der Waals surface area (Å²) >= 11 is 6.05. The van der Waals surface area contributed by atoms with Crippen LogP contribution in [0.15, 0.2) is 6.08 Å². The van der Waals surface area contributed by atoms with Crippen molar-refractivity contribution in [1.82, 2.24) is 14.7 Å². The summed E-state index contributed by atoms with van der Waals surface area (Å²) in [5.74, 6) is -0.746. The Morgan fingerprint density at radius 2 is 2.15 bits per heavy atom. The molecule has 1 amide bonds. The van der Waals surface area contributed by atoms with Gasteiger partial charge in [0, 0.05) is 25.7 Å². The number of hydrogen-bond acceptors (Lipinski definition) is 4. The zero-order valence-electron chi connectivity index (χ0n) is 12.0. The van der Waals surface area contributed by atoms with Crippen LogP contribution in [0, 0.1) is 6.92 Å². The molecule has 0 aliphatic carbocycles. The van der Waals surface area contributed by atoms with Crippen LogP contribution in [-0.4, -0.2) is 46.8 Å². The van der Waals surface area contributed by atoms with Crippen molar-refractivity contribution in [2.75, 3.05) is 20.2 Å². The number of ether oxygens (including phenoxy) is 1. The molecule has 6 nitrogen and oxygen atoms in total. The van der Waals surface area contributed by atoms with Crippen molar-refractivity contribution in [2.45, 2.75) is 13.8 Å². The molecule has 0 unspecified atom stereocenters. The van der Waals surface area contributed by atoms with E-state index >= 15 is 0 Å². The van der Waals surface area contributed by atoms with Gasteiger partial charge in [-0.05, 0) is 19.9 Å². The van der Waals surface area contributed by atoms with Crippen LogP contribution in [0.3, 0.4) is 0 Å². The van der Waals surface area contributed by atoms with Gasteiger partial charge in [0.2, 0.25) is 5.91 Å². The van der Waals surface area contributed by atoms with Crippen LogP contribution < -0.4 is 0 Å². The number of amides is 1. The van der Waals surface area contributed by atoms with Gasteiger partial charge in [0.25, 0.3) is 0 Å². The Morgan fingerprint density at radius 1 is 1.50 bits per heavy atom. The minimum Gasteiger partial charge on any atom is -0.465 e. The third kappa shape index (κ3) is 4.09. The molecule has 110 valence electrons. The molecule has 0 radical (unpaired) electrons. The Balaban J connectivity index is 2.70. The van der Waals surface area contributed by atoms with Gasteiger partial charge in [0.05, 0.1) is 12.3 Å². The number of hydrogen-bond donors (Lipinski definition) is 0. The predicted octanol–water partition coefficient (Wildman–Crippen LogP) is 1.42. The lowest BCUT2D eigenvalue weighted by atomic mass is 10.2. The zero-order valence-corrected chi connectivity index (χ0v) is 12.8. The first-order chi connectivity index (χ1) is 9.36. The van der Waals surface area contributed by atoms with Crippen molar-refractivity contribution in [3.05, 3.63) is 22.5 Å². The Kier molecular flexibility index (Phi) is 5.76. The smallest absolute Gasteiger partial charge is 0.325 e. The fraction of sp³-hybridized carbons (Fsp3) is 0.462. The monoisotopic (exact) mass is 299 g/mol. The third-order valence-electron chi connectivity index (χ3n) is 2.64. The van der Waals surface area contributed by atoms with Gasteiger partial charge in [-0.25, -0.2) is 0 Å². The summed E-state index contributed by atoms with van der Waals surface area (Å²) in [6.45, 7) is 3.73. The SMILES string of the molecule is CCOC(=O)CN(C)C(=O)C=Cc1c(C)nn(C)c1Cl. The van der Waals surface area contributed by atoms with Gasteiger partial charge in [-0.2, -0.15) is 5.10 Å². The maximum absolute atomic E-state index is 11.8. The minimum atomic E-state index is -0.438. The van der Waals surface area contributed by atoms with Crippen molar-refractivity contribution in [3.63, 3.8) is 0 Å². The van der Waals surface area contributed by atoms with E-state index in [2.05, 4.69) is 5.10 Å². The molecule has 0 fully saturated rings. The lowest BCUT2D eigenvalue weighted by Gasteiger charge is -2.13. The van der Waals surface area contributed by atoms with E-state index in [0.717, 1.165) is 5.69 Å². The number of aromatic nitrogens is 2. The normalized spacial score (nSPS) is 10.8. The number of likely N-dealkylation sites (N-methyl/N-ethyl adjacent to an activating group) is 1. The molecule has 0 aromatic carbocycles. The highest BCUT2D eigenvalue weighted by Gasteiger charge is 2.12. The second kappa shape index (κ2) is 7.09. The molecule has 20 heavy (non-hydrogen) atoms. The van der Waals surface area contributed by atoms with Crippen molar-refractivity contribution in [3.8, 4) is 0 Å². The molecule has 0 spiro atoms. The van der Waals surface area contributed by atoms with Crippen LogP contribution in [0.5, 0.6) is 0 Å². The highest BCUT2D eigenvalue weighted by atomic mass is 35.5. The van der Waals surface area contributed by atoms with E-state index < -0.39 is 5.97 Å². The quantitative estimate of drug-likeness (QED) is 0.609. The van der Waals surface area contributed by atoms with E-state index in [0.29, 0.717) is 17.3 Å². The largest absolute Gasteiger partial charge is 0.465 e. The standard InChI is InChI=1S/C13H18ClN3O3/c1-5-20-12(19)8-16(3)11(18)7-6-10-9(2)15-17(4)13(10)14/h6-7H,5,8H2,1-4H3. The lowest BCUT2D eigenvalue weighted by Crippen LogP contribution is -2.31. The van der Waals surface area contributed by atoms with E-state index in [1.807, 2.05) is 0 Å². The number of carbonyl (C=O) groups is 2. The van der Waals surface area contributed by atoms with Crippen molar-refractivity contribution in [1.29, 1.82) is 0 Å². The van der Waals surface area contributed by atoms with Gasteiger partial charge in [0.15, 0.2) is 0 Å². The Labute approximate surface area is 122 Å². The van der Waals surface area contributed by atoms with E-state index in [9.17, 15) is 9.59 Å². The number of carbonyl (C=O) groups excluding carboxylic acids is 2. The van der Waals surface area contributed by atoms with Gasteiger partial charge in [0.1, 0.15) is 11.7 Å². The summed E-state index contributed by atoms with van der Waals surface area (Å²) in [6.07, 6.45) is 2.95. The first-order valence-electron chi connectivity index (χ1n) is 6.14. The summed E-state index contributed by atoms with van der Waals surface area (Å²) in [6, 6.07) is 0. The maximum atomic E-state index is 11.8. The average molecular weight is 300 g/mol. The fourth-order valence-electron chi connectivity index (χ4n) is 1.60. The highest BCUT2D eigenvalue weighted by Crippen LogP contribution is 2.19. The molecular formula is C13H18ClN3O3. The van der Waals surface area contributed by atoms with Crippen LogP contribution in [-0.2, 0) is 21.4 Å². The first kappa shape index (κ1) is 16.2. The average Bonchev–Trinajstić information content (AvgIpc) is 2.61. The minimum absolute atomic E-state index is 0.0865. The molecule has 0 aliphatic rings. The second-order valence-corrected chi connectivity index (χ2v) is 4.60. The molecule has 0 atom stereocenters. The lowest BCUT2D eigenvalue weighted by molar-refractivity contribution is -0.146. The topological polar surface area (TPSA) is 64.4 Å². The third-order valence-corrected chi connectivity index (χ3v) is 3.08. The van der Waals surface area contributed by atoms with Crippen molar-refractivity contribution >= 4 is 29.6 Å². The van der Waals surface area contributed by atoms with Crippen LogP contribution in [0.4, 0.5) is 0 Å². The van der Waals surface area contributed by atoms with Gasteiger partial charge in [-0.3, -0.25) is 14.3 Å². The summed E-state index contributed by atoms with van der Waals surface area (Å²) in [4.78, 5) is 24.4. The fourth-order valence-corrected chi connectivity index (χ4v) is 1.83. The molecule has 0 N–H and O–H groups in total. The summed E-state index contributed by atoms with van der Waals surface area (Å²) < 4.78 is 6.31. The predicted molar refractivity (Wildman–Crippen MR) is 76.3 cm³/mol. The van der Waals surface area contributed by atoms with E-state index in [-0.39, 0.29) is 12.5 Å². The van der Waals surface area contributed by atoms with E-state index in [1.165, 1.54) is 22.7 Å². The summed E-state index contributed by atoms with van der Waals surface area (Å²) in [7, 11) is 3.25. The second-order valence-electron chi connectivity index (χ2n) is 4.25. The molecule has 0 bridgehead atoms. The molecule has 0 aliphatic heterocycles. The van der Waals surface area contributed by atoms with Crippen LogP contribution in [0.25, 0.3) is 6.08 Å². The first-order valence-corrected chi connectivity index (χ1v) is 6.52. The van der Waals surface area contributed by atoms with E-state index in [1.54, 1.807) is 27.0 Å². The molecule has 1 aromatic heterocycles. The molecule has 0 saturated carbocycles. The van der Waals surface area contributed by atoms with Crippen molar-refractivity contribution < 1.29 is 14.3 Å². The van der Waals surface area contributed by atoms with Crippen LogP contribution in [0.1, 0.15) is 18.2 Å². The number of aryl methyl sites for hydroxylation is 2. The summed E-state index contributed by atoms with van der Waals surface area (Å²) in [5, 5.41) is 4.60. The zero-order chi connectivity index (χ0) is 15.3. The van der Waals surface area contributed by atoms with Crippen molar-refractivity contribution in [2.24, 2.45) is 7.05 Å². The maximum Gasteiger partial charge on any atom is 0.325 e. The molecule has 1 heterocycles. The molecule has 7 heteroatoms. The van der Waals surface area contributed by atoms with Gasteiger partial charge in [-0.1, -0.05) is 11.6 Å². The highest BCUT2D eigenvalue weighted by molar-refractivity contribution is 6.31. The Hall–Kier alpha value is -1.82. The van der Waals surface area contributed by atoms with Gasteiger partial charge >= 0.3 is 5.97 Å². The van der Waals surface area contributed by atoms with Gasteiger partial charge in [-0.15, -0.1) is 0 Å². The van der Waals surface area contributed by atoms with Gasteiger partial charge < -0.3 is 9.64 Å². The number of nitrogens with zero attached hydrogens (tertiary/aromatic N) is 3. The number of halogens is 1. The van der Waals surface area contributed by atoms with Crippen LogP contribution in [0.2, 0.25) is 5.15 Å². The Bertz CT molecular complexity index is 537. The number of esters is 1. The summed E-state index contributed by atoms with van der Waals surface area (Å²) in [5.41, 5.74) is 1.42. The van der Waals surface area contributed by atoms with Crippen LogP contribution >= 0.6 is 11.6 Å². The number of rotatable bonds is 5. The molecular weight excluding hydrogens is 282 g/mol. The molecule has 0 saturated heterocycles. The molecule has 1 aromatic rings. The Morgan fingerprint density at radius 3 is 2.65 bits per heavy atom. The molecule has 1 rings (SSSR count).